The molecule has 1 aromatic heterocycles. The summed E-state index contributed by atoms with van der Waals surface area (Å²) in [5.41, 5.74) is 6.16. The Kier molecular flexibility index (Phi) is 6.01. The summed E-state index contributed by atoms with van der Waals surface area (Å²) in [4.78, 5) is 42.6. The lowest BCUT2D eigenvalue weighted by molar-refractivity contribution is -0.384. The molecule has 13 heteroatoms. The van der Waals surface area contributed by atoms with Crippen molar-refractivity contribution in [1.29, 1.82) is 0 Å². The third-order valence-corrected chi connectivity index (χ3v) is 5.61. The van der Waals surface area contributed by atoms with Gasteiger partial charge in [0.05, 0.1) is 27.3 Å². The van der Waals surface area contributed by atoms with Gasteiger partial charge in [0, 0.05) is 21.9 Å². The molecule has 0 aliphatic rings. The van der Waals surface area contributed by atoms with E-state index in [0.29, 0.717) is 11.0 Å². The Labute approximate surface area is 194 Å². The highest BCUT2D eigenvalue weighted by molar-refractivity contribution is 7.99. The SMILES string of the molecule is NC(=O)N(c1ccc(Sc2ccc3nc(NC(=O)O)[nH]c3c2)cc1)c1cc([N+](=O)[O-])ccc1F. The number of H-pyrrole nitrogens is 1. The van der Waals surface area contributed by atoms with Crippen LogP contribution in [0, 0.1) is 15.9 Å². The van der Waals surface area contributed by atoms with Crippen molar-refractivity contribution in [3.05, 3.63) is 76.6 Å². The van der Waals surface area contributed by atoms with E-state index in [1.165, 1.54) is 23.9 Å². The number of hydrogen-bond donors (Lipinski definition) is 4. The number of urea groups is 1. The first-order valence-electron chi connectivity index (χ1n) is 9.52. The van der Waals surface area contributed by atoms with Gasteiger partial charge in [0.15, 0.2) is 0 Å². The second kappa shape index (κ2) is 9.07. The fraction of sp³-hybridized carbons (Fsp3) is 0. The molecule has 0 spiro atoms. The standard InChI is InChI=1S/C21H15FN6O5S/c22-15-7-3-12(28(32)33)9-18(15)27(19(23)29)11-1-4-13(5-2-11)34-14-6-8-16-17(10-14)25-20(24-16)26-21(30)31/h1-10H,(H2,23,29)(H,30,31)(H2,24,25,26). The van der Waals surface area contributed by atoms with Crippen molar-refractivity contribution >= 4 is 57.9 Å². The van der Waals surface area contributed by atoms with Crippen LogP contribution in [-0.2, 0) is 0 Å². The zero-order valence-corrected chi connectivity index (χ0v) is 17.9. The van der Waals surface area contributed by atoms with Crippen LogP contribution in [0.25, 0.3) is 11.0 Å². The number of carbonyl (C=O) groups is 2. The number of nitrogens with two attached hydrogens (primary N) is 1. The highest BCUT2D eigenvalue weighted by Gasteiger charge is 2.22. The maximum absolute atomic E-state index is 14.4. The van der Waals surface area contributed by atoms with E-state index in [1.54, 1.807) is 30.3 Å². The van der Waals surface area contributed by atoms with Gasteiger partial charge in [-0.1, -0.05) is 11.8 Å². The number of nitro benzene ring substituents is 1. The molecule has 172 valence electrons. The number of carboxylic acid groups (broad SMARTS) is 1. The van der Waals surface area contributed by atoms with E-state index in [4.69, 9.17) is 10.8 Å². The molecule has 0 bridgehead atoms. The van der Waals surface area contributed by atoms with Gasteiger partial charge in [-0.2, -0.15) is 0 Å². The maximum Gasteiger partial charge on any atom is 0.411 e. The molecule has 0 unspecified atom stereocenters. The van der Waals surface area contributed by atoms with Gasteiger partial charge in [-0.15, -0.1) is 0 Å². The zero-order chi connectivity index (χ0) is 24.4. The van der Waals surface area contributed by atoms with E-state index >= 15 is 0 Å². The minimum atomic E-state index is -1.23. The molecule has 0 saturated heterocycles. The number of aromatic nitrogens is 2. The average molecular weight is 482 g/mol. The predicted octanol–water partition coefficient (Wildman–Crippen LogP) is 5.07. The molecule has 1 heterocycles. The molecule has 5 N–H and O–H groups in total. The number of non-ortho nitro benzene ring substituents is 1. The fourth-order valence-electron chi connectivity index (χ4n) is 3.18. The van der Waals surface area contributed by atoms with Crippen molar-refractivity contribution in [2.24, 2.45) is 5.73 Å². The van der Waals surface area contributed by atoms with Crippen molar-refractivity contribution in [1.82, 2.24) is 9.97 Å². The van der Waals surface area contributed by atoms with Gasteiger partial charge in [-0.3, -0.25) is 20.3 Å². The number of anilines is 3. The van der Waals surface area contributed by atoms with Crippen LogP contribution in [0.3, 0.4) is 0 Å². The number of nitrogens with one attached hydrogen (secondary N) is 2. The van der Waals surface area contributed by atoms with Crippen molar-refractivity contribution in [2.45, 2.75) is 9.79 Å². The van der Waals surface area contributed by atoms with Crippen molar-refractivity contribution in [3.8, 4) is 0 Å². The number of imidazole rings is 1. The smallest absolute Gasteiger partial charge is 0.411 e. The molecule has 3 aromatic carbocycles. The van der Waals surface area contributed by atoms with E-state index in [1.807, 2.05) is 0 Å². The van der Waals surface area contributed by atoms with E-state index in [9.17, 15) is 24.1 Å². The van der Waals surface area contributed by atoms with Crippen LogP contribution in [-0.4, -0.2) is 32.1 Å². The number of halogens is 1. The van der Waals surface area contributed by atoms with E-state index in [0.717, 1.165) is 32.9 Å². The number of rotatable bonds is 6. The Balaban J connectivity index is 1.58. The van der Waals surface area contributed by atoms with E-state index in [-0.39, 0.29) is 23.0 Å². The molecule has 3 amide bonds. The van der Waals surface area contributed by atoms with Gasteiger partial charge in [-0.25, -0.2) is 19.0 Å². The van der Waals surface area contributed by atoms with Gasteiger partial charge >= 0.3 is 12.1 Å². The lowest BCUT2D eigenvalue weighted by atomic mass is 10.2. The molecular weight excluding hydrogens is 467 g/mol. The maximum atomic E-state index is 14.4. The van der Waals surface area contributed by atoms with Crippen LogP contribution in [0.2, 0.25) is 0 Å². The summed E-state index contributed by atoms with van der Waals surface area (Å²) in [7, 11) is 0. The van der Waals surface area contributed by atoms with Crippen LogP contribution >= 0.6 is 11.8 Å². The number of primary amides is 1. The quantitative estimate of drug-likeness (QED) is 0.220. The van der Waals surface area contributed by atoms with Crippen LogP contribution in [0.5, 0.6) is 0 Å². The highest BCUT2D eigenvalue weighted by atomic mass is 32.2. The van der Waals surface area contributed by atoms with Crippen LogP contribution in [0.15, 0.2) is 70.5 Å². The summed E-state index contributed by atoms with van der Waals surface area (Å²) in [6.07, 6.45) is -1.23. The number of amides is 3. The van der Waals surface area contributed by atoms with Crippen LogP contribution in [0.1, 0.15) is 0 Å². The Bertz CT molecular complexity index is 1430. The second-order valence-corrected chi connectivity index (χ2v) is 8.00. The number of nitro groups is 1. The predicted molar refractivity (Wildman–Crippen MR) is 123 cm³/mol. The number of aromatic amines is 1. The van der Waals surface area contributed by atoms with Crippen molar-refractivity contribution < 1.29 is 24.0 Å². The molecule has 0 fully saturated rings. The van der Waals surface area contributed by atoms with Gasteiger partial charge in [0.25, 0.3) is 5.69 Å². The van der Waals surface area contributed by atoms with Gasteiger partial charge in [0.1, 0.15) is 5.82 Å². The molecule has 0 atom stereocenters. The first kappa shape index (κ1) is 22.5. The molecule has 11 nitrogen and oxygen atoms in total. The number of nitrogens with zero attached hydrogens (tertiary/aromatic N) is 3. The molecular formula is C21H15FN6O5S. The van der Waals surface area contributed by atoms with Crippen molar-refractivity contribution in [2.75, 3.05) is 10.2 Å². The largest absolute Gasteiger partial charge is 0.465 e. The summed E-state index contributed by atoms with van der Waals surface area (Å²) in [6, 6.07) is 13.6. The average Bonchev–Trinajstić information content (AvgIpc) is 3.16. The zero-order valence-electron chi connectivity index (χ0n) is 17.1. The first-order valence-corrected chi connectivity index (χ1v) is 10.3. The monoisotopic (exact) mass is 482 g/mol. The molecule has 0 aliphatic carbocycles. The lowest BCUT2D eigenvalue weighted by Gasteiger charge is -2.21. The third-order valence-electron chi connectivity index (χ3n) is 4.61. The number of carbonyl (C=O) groups excluding carboxylic acids is 1. The van der Waals surface area contributed by atoms with Crippen LogP contribution in [0.4, 0.5) is 37.0 Å². The van der Waals surface area contributed by atoms with E-state index < -0.39 is 22.9 Å². The normalized spacial score (nSPS) is 10.7. The number of hydrogen-bond acceptors (Lipinski definition) is 6. The summed E-state index contributed by atoms with van der Waals surface area (Å²) in [5, 5.41) is 22.0. The fourth-order valence-corrected chi connectivity index (χ4v) is 4.04. The molecule has 0 radical (unpaired) electrons. The highest BCUT2D eigenvalue weighted by Crippen LogP contribution is 2.34. The second-order valence-electron chi connectivity index (χ2n) is 6.86. The third kappa shape index (κ3) is 4.73. The van der Waals surface area contributed by atoms with Gasteiger partial charge in [0.2, 0.25) is 5.95 Å². The summed E-state index contributed by atoms with van der Waals surface area (Å²) >= 11 is 1.38. The minimum absolute atomic E-state index is 0.105. The Hall–Kier alpha value is -4.65. The lowest BCUT2D eigenvalue weighted by Crippen LogP contribution is -2.32. The molecule has 4 rings (SSSR count). The molecule has 0 aliphatic heterocycles. The molecule has 4 aromatic rings. The summed E-state index contributed by atoms with van der Waals surface area (Å²) in [6.45, 7) is 0. The summed E-state index contributed by atoms with van der Waals surface area (Å²) < 4.78 is 14.4. The van der Waals surface area contributed by atoms with Crippen LogP contribution < -0.4 is 16.0 Å². The van der Waals surface area contributed by atoms with Gasteiger partial charge in [-0.05, 0) is 48.5 Å². The Morgan fingerprint density at radius 2 is 1.82 bits per heavy atom. The van der Waals surface area contributed by atoms with E-state index in [2.05, 4.69) is 15.3 Å². The number of benzene rings is 3. The summed E-state index contributed by atoms with van der Waals surface area (Å²) in [5.74, 6) is -0.735. The van der Waals surface area contributed by atoms with Crippen molar-refractivity contribution in [3.63, 3.8) is 0 Å². The molecule has 34 heavy (non-hydrogen) atoms. The van der Waals surface area contributed by atoms with Gasteiger partial charge < -0.3 is 15.8 Å². The number of fused-ring (bicyclic) bond motifs is 1. The Morgan fingerprint density at radius 3 is 2.47 bits per heavy atom. The topological polar surface area (TPSA) is 167 Å². The Morgan fingerprint density at radius 1 is 1.12 bits per heavy atom. The minimum Gasteiger partial charge on any atom is -0.465 e. The molecule has 0 saturated carbocycles. The first-order chi connectivity index (χ1) is 16.2.